The Balaban J connectivity index is 1.71. The second-order valence-electron chi connectivity index (χ2n) is 5.52. The van der Waals surface area contributed by atoms with E-state index in [0.29, 0.717) is 18.2 Å². The zero-order chi connectivity index (χ0) is 12.5. The molecule has 0 atom stereocenters. The molecule has 2 aliphatic carbocycles. The van der Waals surface area contributed by atoms with Gasteiger partial charge in [0.1, 0.15) is 5.82 Å². The molecule has 0 aromatic heterocycles. The quantitative estimate of drug-likeness (QED) is 0.796. The van der Waals surface area contributed by atoms with Gasteiger partial charge in [-0.05, 0) is 43.7 Å². The highest BCUT2D eigenvalue weighted by Gasteiger charge is 2.33. The maximum atomic E-state index is 13.9. The Bertz CT molecular complexity index is 484. The van der Waals surface area contributed by atoms with Gasteiger partial charge in [-0.1, -0.05) is 6.07 Å². The van der Waals surface area contributed by atoms with Crippen molar-refractivity contribution in [1.82, 2.24) is 4.90 Å². The van der Waals surface area contributed by atoms with E-state index in [1.165, 1.54) is 31.7 Å². The Morgan fingerprint density at radius 3 is 2.61 bits per heavy atom. The second kappa shape index (κ2) is 4.70. The number of nitrogens with zero attached hydrogens (tertiary/aromatic N) is 2. The maximum Gasteiger partial charge on any atom is 0.129 e. The zero-order valence-electron chi connectivity index (χ0n) is 10.4. The van der Waals surface area contributed by atoms with Gasteiger partial charge in [-0.15, -0.1) is 0 Å². The van der Waals surface area contributed by atoms with Crippen LogP contribution in [0.2, 0.25) is 0 Å². The molecule has 2 saturated carbocycles. The predicted octanol–water partition coefficient (Wildman–Crippen LogP) is 3.07. The molecule has 0 N–H and O–H groups in total. The molecule has 0 aliphatic heterocycles. The van der Waals surface area contributed by atoms with Crippen LogP contribution in [0.25, 0.3) is 0 Å². The Morgan fingerprint density at radius 1 is 1.28 bits per heavy atom. The highest BCUT2D eigenvalue weighted by atomic mass is 19.1. The molecule has 0 amide bonds. The van der Waals surface area contributed by atoms with Gasteiger partial charge in [0.2, 0.25) is 0 Å². The van der Waals surface area contributed by atoms with E-state index in [4.69, 9.17) is 5.26 Å². The fraction of sp³-hybridized carbons (Fsp3) is 0.533. The van der Waals surface area contributed by atoms with E-state index in [0.717, 1.165) is 18.0 Å². The summed E-state index contributed by atoms with van der Waals surface area (Å²) in [4.78, 5) is 2.42. The molecule has 0 radical (unpaired) electrons. The Kier molecular flexibility index (Phi) is 3.05. The van der Waals surface area contributed by atoms with Gasteiger partial charge < -0.3 is 0 Å². The molecule has 0 saturated heterocycles. The fourth-order valence-corrected chi connectivity index (χ4v) is 2.38. The Morgan fingerprint density at radius 2 is 2.06 bits per heavy atom. The summed E-state index contributed by atoms with van der Waals surface area (Å²) in [6.45, 7) is 1.81. The van der Waals surface area contributed by atoms with Crippen LogP contribution >= 0.6 is 0 Å². The van der Waals surface area contributed by atoms with Gasteiger partial charge in [0, 0.05) is 24.7 Å². The van der Waals surface area contributed by atoms with Crippen molar-refractivity contribution in [2.24, 2.45) is 5.92 Å². The highest BCUT2D eigenvalue weighted by Crippen LogP contribution is 2.35. The lowest BCUT2D eigenvalue weighted by Crippen LogP contribution is -2.28. The molecule has 0 spiro atoms. The molecule has 0 heterocycles. The molecular weight excluding hydrogens is 227 g/mol. The van der Waals surface area contributed by atoms with E-state index in [-0.39, 0.29) is 5.82 Å². The first-order chi connectivity index (χ1) is 8.76. The molecule has 2 nitrogen and oxygen atoms in total. The van der Waals surface area contributed by atoms with Crippen molar-refractivity contribution >= 4 is 0 Å². The van der Waals surface area contributed by atoms with Crippen LogP contribution in [-0.2, 0) is 6.54 Å². The maximum absolute atomic E-state index is 13.9. The first-order valence-electron chi connectivity index (χ1n) is 6.69. The summed E-state index contributed by atoms with van der Waals surface area (Å²) in [5.41, 5.74) is 1.12. The fourth-order valence-electron chi connectivity index (χ4n) is 2.38. The third-order valence-corrected chi connectivity index (χ3v) is 3.81. The second-order valence-corrected chi connectivity index (χ2v) is 5.52. The lowest BCUT2D eigenvalue weighted by molar-refractivity contribution is 0.241. The van der Waals surface area contributed by atoms with Crippen molar-refractivity contribution in [3.8, 4) is 6.07 Å². The van der Waals surface area contributed by atoms with Gasteiger partial charge in [-0.2, -0.15) is 5.26 Å². The lowest BCUT2D eigenvalue weighted by atomic mass is 10.1. The highest BCUT2D eigenvalue weighted by molar-refractivity contribution is 5.32. The number of rotatable bonds is 5. The molecule has 0 unspecified atom stereocenters. The number of halogens is 1. The average molecular weight is 244 g/mol. The topological polar surface area (TPSA) is 27.0 Å². The van der Waals surface area contributed by atoms with E-state index in [1.54, 1.807) is 12.1 Å². The van der Waals surface area contributed by atoms with E-state index in [2.05, 4.69) is 4.90 Å². The monoisotopic (exact) mass is 244 g/mol. The molecule has 3 heteroatoms. The summed E-state index contributed by atoms with van der Waals surface area (Å²) in [7, 11) is 0. The van der Waals surface area contributed by atoms with Crippen LogP contribution in [0, 0.1) is 23.1 Å². The lowest BCUT2D eigenvalue weighted by Gasteiger charge is -2.22. The number of benzene rings is 1. The molecule has 1 aromatic rings. The van der Waals surface area contributed by atoms with Gasteiger partial charge >= 0.3 is 0 Å². The van der Waals surface area contributed by atoms with E-state index in [9.17, 15) is 4.39 Å². The van der Waals surface area contributed by atoms with Crippen LogP contribution in [0.1, 0.15) is 36.8 Å². The third kappa shape index (κ3) is 2.70. The molecule has 1 aromatic carbocycles. The molecule has 18 heavy (non-hydrogen) atoms. The number of hydrogen-bond acceptors (Lipinski definition) is 2. The van der Waals surface area contributed by atoms with Crippen molar-refractivity contribution in [3.05, 3.63) is 35.1 Å². The van der Waals surface area contributed by atoms with Crippen LogP contribution in [0.4, 0.5) is 4.39 Å². The van der Waals surface area contributed by atoms with Gasteiger partial charge in [0.25, 0.3) is 0 Å². The molecule has 0 bridgehead atoms. The van der Waals surface area contributed by atoms with Crippen LogP contribution in [-0.4, -0.2) is 17.5 Å². The standard InChI is InChI=1S/C15H17FN2/c16-15-7-12(8-17)3-4-13(15)10-18(14-5-6-14)9-11-1-2-11/h3-4,7,11,14H,1-2,5-6,9-10H2. The van der Waals surface area contributed by atoms with Crippen LogP contribution < -0.4 is 0 Å². The average Bonchev–Trinajstić information content (AvgIpc) is 3.23. The number of nitriles is 1. The normalized spacial score (nSPS) is 18.9. The summed E-state index contributed by atoms with van der Waals surface area (Å²) in [5.74, 6) is 0.600. The van der Waals surface area contributed by atoms with Crippen molar-refractivity contribution < 1.29 is 4.39 Å². The minimum Gasteiger partial charge on any atom is -0.296 e. The molecule has 3 rings (SSSR count). The largest absolute Gasteiger partial charge is 0.296 e. The van der Waals surface area contributed by atoms with Crippen LogP contribution in [0.15, 0.2) is 18.2 Å². The van der Waals surface area contributed by atoms with Crippen molar-refractivity contribution in [3.63, 3.8) is 0 Å². The predicted molar refractivity (Wildman–Crippen MR) is 67.3 cm³/mol. The first-order valence-corrected chi connectivity index (χ1v) is 6.69. The van der Waals surface area contributed by atoms with Gasteiger partial charge in [-0.25, -0.2) is 4.39 Å². The van der Waals surface area contributed by atoms with E-state index < -0.39 is 0 Å². The van der Waals surface area contributed by atoms with Gasteiger partial charge in [0.15, 0.2) is 0 Å². The molecule has 2 aliphatic rings. The van der Waals surface area contributed by atoms with Crippen LogP contribution in [0.5, 0.6) is 0 Å². The van der Waals surface area contributed by atoms with Crippen LogP contribution in [0.3, 0.4) is 0 Å². The van der Waals surface area contributed by atoms with Crippen molar-refractivity contribution in [2.75, 3.05) is 6.54 Å². The molecule has 94 valence electrons. The minimum atomic E-state index is -0.240. The minimum absolute atomic E-state index is 0.240. The van der Waals surface area contributed by atoms with E-state index in [1.807, 2.05) is 6.07 Å². The molecule has 2 fully saturated rings. The number of hydrogen-bond donors (Lipinski definition) is 0. The van der Waals surface area contributed by atoms with Gasteiger partial charge in [-0.3, -0.25) is 4.90 Å². The summed E-state index contributed by atoms with van der Waals surface area (Å²) in [5, 5.41) is 8.73. The molecular formula is C15H17FN2. The summed E-state index contributed by atoms with van der Waals surface area (Å²) < 4.78 is 13.9. The first kappa shape index (κ1) is 11.7. The zero-order valence-corrected chi connectivity index (χ0v) is 10.4. The summed E-state index contributed by atoms with van der Waals surface area (Å²) >= 11 is 0. The van der Waals surface area contributed by atoms with Crippen molar-refractivity contribution in [2.45, 2.75) is 38.3 Å². The summed E-state index contributed by atoms with van der Waals surface area (Å²) in [6.07, 6.45) is 5.17. The smallest absolute Gasteiger partial charge is 0.129 e. The van der Waals surface area contributed by atoms with Gasteiger partial charge in [0.05, 0.1) is 11.6 Å². The third-order valence-electron chi connectivity index (χ3n) is 3.81. The Hall–Kier alpha value is -1.40. The Labute approximate surface area is 107 Å². The van der Waals surface area contributed by atoms with Crippen molar-refractivity contribution in [1.29, 1.82) is 5.26 Å². The summed E-state index contributed by atoms with van der Waals surface area (Å²) in [6, 6.07) is 7.45. The SMILES string of the molecule is N#Cc1ccc(CN(CC2CC2)C2CC2)c(F)c1. The van der Waals surface area contributed by atoms with E-state index >= 15 is 0 Å².